The Hall–Kier alpha value is -1.14. The zero-order chi connectivity index (χ0) is 13.9. The first-order valence-electron chi connectivity index (χ1n) is 6.64. The Morgan fingerprint density at radius 3 is 2.58 bits per heavy atom. The van der Waals surface area contributed by atoms with Gasteiger partial charge in [0.2, 0.25) is 10.0 Å². The third-order valence-electron chi connectivity index (χ3n) is 3.63. The number of hydrogen-bond donors (Lipinski definition) is 2. The molecule has 0 atom stereocenters. The molecule has 6 heteroatoms. The van der Waals surface area contributed by atoms with Crippen LogP contribution in [0.5, 0.6) is 0 Å². The topological polar surface area (TPSA) is 71.1 Å². The Kier molecular flexibility index (Phi) is 4.10. The molecule has 1 aromatic rings. The van der Waals surface area contributed by atoms with Gasteiger partial charge in [0.25, 0.3) is 0 Å². The minimum atomic E-state index is -3.54. The first kappa shape index (κ1) is 14.3. The van der Waals surface area contributed by atoms with Crippen LogP contribution in [0.25, 0.3) is 0 Å². The maximum atomic E-state index is 12.5. The summed E-state index contributed by atoms with van der Waals surface area (Å²) in [4.78, 5) is 4.26. The van der Waals surface area contributed by atoms with Gasteiger partial charge >= 0.3 is 0 Å². The molecule has 2 rings (SSSR count). The summed E-state index contributed by atoms with van der Waals surface area (Å²) in [6.45, 7) is 1.99. The van der Waals surface area contributed by atoms with Crippen molar-refractivity contribution in [1.82, 2.24) is 9.71 Å². The van der Waals surface area contributed by atoms with Crippen molar-refractivity contribution in [3.8, 4) is 0 Å². The first-order chi connectivity index (χ1) is 8.97. The second kappa shape index (κ2) is 5.46. The smallest absolute Gasteiger partial charge is 0.244 e. The molecule has 1 saturated carbocycles. The molecule has 0 aromatic carbocycles. The Morgan fingerprint density at radius 1 is 1.26 bits per heavy atom. The van der Waals surface area contributed by atoms with E-state index in [2.05, 4.69) is 15.0 Å². The highest BCUT2D eigenvalue weighted by Gasteiger charge is 2.33. The van der Waals surface area contributed by atoms with Crippen LogP contribution in [-0.4, -0.2) is 26.0 Å². The molecule has 1 fully saturated rings. The number of pyridine rings is 1. The van der Waals surface area contributed by atoms with Crippen LogP contribution in [0.2, 0.25) is 0 Å². The number of nitrogens with zero attached hydrogens (tertiary/aromatic N) is 1. The summed E-state index contributed by atoms with van der Waals surface area (Å²) >= 11 is 0. The zero-order valence-corrected chi connectivity index (χ0v) is 12.3. The average molecular weight is 283 g/mol. The van der Waals surface area contributed by atoms with E-state index in [9.17, 15) is 8.42 Å². The quantitative estimate of drug-likeness (QED) is 0.888. The van der Waals surface area contributed by atoms with Gasteiger partial charge in [-0.05, 0) is 31.9 Å². The highest BCUT2D eigenvalue weighted by Crippen LogP contribution is 2.30. The second-order valence-electron chi connectivity index (χ2n) is 5.33. The number of rotatable bonds is 4. The molecular formula is C13H21N3O2S. The molecule has 1 heterocycles. The Bertz CT molecular complexity index is 537. The van der Waals surface area contributed by atoms with E-state index < -0.39 is 10.0 Å². The van der Waals surface area contributed by atoms with Gasteiger partial charge in [-0.1, -0.05) is 19.3 Å². The van der Waals surface area contributed by atoms with Crippen molar-refractivity contribution in [1.29, 1.82) is 0 Å². The average Bonchev–Trinajstić information content (AvgIpc) is 2.38. The van der Waals surface area contributed by atoms with E-state index in [1.807, 2.05) is 6.92 Å². The lowest BCUT2D eigenvalue weighted by Gasteiger charge is -2.34. The summed E-state index contributed by atoms with van der Waals surface area (Å²) in [5, 5.41) is 2.82. The second-order valence-corrected chi connectivity index (χ2v) is 6.98. The van der Waals surface area contributed by atoms with Crippen molar-refractivity contribution in [3.05, 3.63) is 18.3 Å². The molecule has 0 unspecified atom stereocenters. The SMILES string of the molecule is CNc1ncccc1S(=O)(=O)NC1(C)CCCCC1. The Morgan fingerprint density at radius 2 is 1.95 bits per heavy atom. The normalized spacial score (nSPS) is 19.1. The summed E-state index contributed by atoms with van der Waals surface area (Å²) in [5.41, 5.74) is -0.335. The number of aromatic nitrogens is 1. The Balaban J connectivity index is 2.27. The van der Waals surface area contributed by atoms with Gasteiger partial charge in [-0.15, -0.1) is 0 Å². The minimum absolute atomic E-state index is 0.212. The van der Waals surface area contributed by atoms with E-state index in [0.717, 1.165) is 25.7 Å². The van der Waals surface area contributed by atoms with Crippen LogP contribution in [0.4, 0.5) is 5.82 Å². The third-order valence-corrected chi connectivity index (χ3v) is 5.30. The van der Waals surface area contributed by atoms with E-state index >= 15 is 0 Å². The molecule has 2 N–H and O–H groups in total. The lowest BCUT2D eigenvalue weighted by Crippen LogP contribution is -2.47. The fourth-order valence-corrected chi connectivity index (χ4v) is 4.24. The van der Waals surface area contributed by atoms with Gasteiger partial charge in [0.15, 0.2) is 0 Å². The van der Waals surface area contributed by atoms with Crippen molar-refractivity contribution in [2.45, 2.75) is 49.5 Å². The summed E-state index contributed by atoms with van der Waals surface area (Å²) in [6, 6.07) is 3.21. The lowest BCUT2D eigenvalue weighted by atomic mass is 9.84. The van der Waals surface area contributed by atoms with Gasteiger partial charge in [0, 0.05) is 18.8 Å². The largest absolute Gasteiger partial charge is 0.372 e. The van der Waals surface area contributed by atoms with Crippen LogP contribution in [0.1, 0.15) is 39.0 Å². The highest BCUT2D eigenvalue weighted by atomic mass is 32.2. The predicted molar refractivity (Wildman–Crippen MR) is 75.6 cm³/mol. The van der Waals surface area contributed by atoms with Crippen molar-refractivity contribution in [3.63, 3.8) is 0 Å². The monoisotopic (exact) mass is 283 g/mol. The lowest BCUT2D eigenvalue weighted by molar-refractivity contribution is 0.294. The van der Waals surface area contributed by atoms with Crippen molar-refractivity contribution in [2.75, 3.05) is 12.4 Å². The number of hydrogen-bond acceptors (Lipinski definition) is 4. The molecule has 0 saturated heterocycles. The van der Waals surface area contributed by atoms with E-state index in [-0.39, 0.29) is 10.4 Å². The van der Waals surface area contributed by atoms with Crippen LogP contribution in [0, 0.1) is 0 Å². The molecule has 5 nitrogen and oxygen atoms in total. The number of sulfonamides is 1. The van der Waals surface area contributed by atoms with E-state index in [4.69, 9.17) is 0 Å². The summed E-state index contributed by atoms with van der Waals surface area (Å²) in [5.74, 6) is 0.384. The third kappa shape index (κ3) is 3.25. The molecular weight excluding hydrogens is 262 g/mol. The molecule has 106 valence electrons. The maximum Gasteiger partial charge on any atom is 0.244 e. The van der Waals surface area contributed by atoms with E-state index in [0.29, 0.717) is 5.82 Å². The van der Waals surface area contributed by atoms with Gasteiger partial charge < -0.3 is 5.32 Å². The Labute approximate surface area is 114 Å². The van der Waals surface area contributed by atoms with Crippen molar-refractivity contribution in [2.24, 2.45) is 0 Å². The molecule has 0 bridgehead atoms. The van der Waals surface area contributed by atoms with Crippen LogP contribution in [0.15, 0.2) is 23.2 Å². The molecule has 0 aliphatic heterocycles. The fourth-order valence-electron chi connectivity index (χ4n) is 2.61. The van der Waals surface area contributed by atoms with Gasteiger partial charge in [-0.25, -0.2) is 18.1 Å². The summed E-state index contributed by atoms with van der Waals surface area (Å²) in [6.07, 6.45) is 6.69. The maximum absolute atomic E-state index is 12.5. The van der Waals surface area contributed by atoms with Crippen molar-refractivity contribution < 1.29 is 8.42 Å². The van der Waals surface area contributed by atoms with Crippen LogP contribution in [0.3, 0.4) is 0 Å². The van der Waals surface area contributed by atoms with Crippen molar-refractivity contribution >= 4 is 15.8 Å². The van der Waals surface area contributed by atoms with Gasteiger partial charge in [0.1, 0.15) is 10.7 Å². The molecule has 1 aromatic heterocycles. The molecule has 1 aliphatic rings. The standard InChI is InChI=1S/C13H21N3O2S/c1-13(8-4-3-5-9-13)16-19(17,18)11-7-6-10-15-12(11)14-2/h6-7,10,16H,3-5,8-9H2,1-2H3,(H,14,15). The van der Waals surface area contributed by atoms with Gasteiger partial charge in [-0.3, -0.25) is 0 Å². The van der Waals surface area contributed by atoms with Crippen LogP contribution >= 0.6 is 0 Å². The summed E-state index contributed by atoms with van der Waals surface area (Å²) in [7, 11) is -1.87. The number of anilines is 1. The minimum Gasteiger partial charge on any atom is -0.372 e. The zero-order valence-electron chi connectivity index (χ0n) is 11.4. The molecule has 19 heavy (non-hydrogen) atoms. The van der Waals surface area contributed by atoms with E-state index in [1.165, 1.54) is 6.42 Å². The fraction of sp³-hybridized carbons (Fsp3) is 0.615. The molecule has 0 spiro atoms. The first-order valence-corrected chi connectivity index (χ1v) is 8.12. The van der Waals surface area contributed by atoms with Crippen LogP contribution in [-0.2, 0) is 10.0 Å². The summed E-state index contributed by atoms with van der Waals surface area (Å²) < 4.78 is 27.8. The predicted octanol–water partition coefficient (Wildman–Crippen LogP) is 2.12. The van der Waals surface area contributed by atoms with Crippen LogP contribution < -0.4 is 10.0 Å². The number of nitrogens with one attached hydrogen (secondary N) is 2. The molecule has 0 radical (unpaired) electrons. The van der Waals surface area contributed by atoms with Gasteiger partial charge in [0.05, 0.1) is 0 Å². The molecule has 0 amide bonds. The van der Waals surface area contributed by atoms with E-state index in [1.54, 1.807) is 25.4 Å². The van der Waals surface area contributed by atoms with Gasteiger partial charge in [-0.2, -0.15) is 0 Å². The highest BCUT2D eigenvalue weighted by molar-refractivity contribution is 7.89. The molecule has 1 aliphatic carbocycles.